The Bertz CT molecular complexity index is 1150. The lowest BCUT2D eigenvalue weighted by molar-refractivity contribution is -0.140. The third kappa shape index (κ3) is 3.97. The standard InChI is InChI=1S/C25H23NO6/c1-3-31-18-11-9-16(10-12-18)22-21(23(27)17-6-4-7-19(14-17)30-2)24(28)25(29)26(22)15-20-8-5-13-32-20/h4-14,22,27H,3,15H2,1-2H3/b23-21+. The molecule has 0 saturated carbocycles. The molecule has 1 aromatic heterocycles. The van der Waals surface area contributed by atoms with Gasteiger partial charge >= 0.3 is 0 Å². The average Bonchev–Trinajstić information content (AvgIpc) is 3.42. The van der Waals surface area contributed by atoms with Crippen molar-refractivity contribution in [2.45, 2.75) is 19.5 Å². The average molecular weight is 433 g/mol. The lowest BCUT2D eigenvalue weighted by Crippen LogP contribution is -2.29. The molecule has 164 valence electrons. The van der Waals surface area contributed by atoms with Crippen LogP contribution in [0.3, 0.4) is 0 Å². The highest BCUT2D eigenvalue weighted by Crippen LogP contribution is 2.41. The van der Waals surface area contributed by atoms with Crippen molar-refractivity contribution in [3.63, 3.8) is 0 Å². The Morgan fingerprint density at radius 3 is 2.50 bits per heavy atom. The van der Waals surface area contributed by atoms with Gasteiger partial charge in [0.25, 0.3) is 11.7 Å². The number of aliphatic hydroxyl groups is 1. The molecule has 1 atom stereocenters. The molecule has 3 aromatic rings. The molecule has 2 aromatic carbocycles. The fourth-order valence-corrected chi connectivity index (χ4v) is 3.80. The number of methoxy groups -OCH3 is 1. The number of aliphatic hydroxyl groups excluding tert-OH is 1. The third-order valence-electron chi connectivity index (χ3n) is 5.30. The van der Waals surface area contributed by atoms with Gasteiger partial charge in [0.15, 0.2) is 0 Å². The molecule has 0 aliphatic carbocycles. The number of nitrogens with zero attached hydrogens (tertiary/aromatic N) is 1. The lowest BCUT2D eigenvalue weighted by Gasteiger charge is -2.24. The van der Waals surface area contributed by atoms with E-state index >= 15 is 0 Å². The summed E-state index contributed by atoms with van der Waals surface area (Å²) in [5, 5.41) is 11.1. The Hall–Kier alpha value is -4.00. The zero-order valence-electron chi connectivity index (χ0n) is 17.8. The highest BCUT2D eigenvalue weighted by atomic mass is 16.5. The SMILES string of the molecule is CCOc1ccc(C2/C(=C(\O)c3cccc(OC)c3)C(=O)C(=O)N2Cc2ccco2)cc1. The van der Waals surface area contributed by atoms with Crippen LogP contribution in [-0.4, -0.2) is 35.4 Å². The van der Waals surface area contributed by atoms with E-state index < -0.39 is 17.7 Å². The van der Waals surface area contributed by atoms with Crippen LogP contribution in [0.2, 0.25) is 0 Å². The molecule has 1 unspecified atom stereocenters. The molecule has 1 N–H and O–H groups in total. The number of Topliss-reactive ketones (excluding diaryl/α,β-unsaturated/α-hetero) is 1. The molecule has 1 aliphatic rings. The van der Waals surface area contributed by atoms with Gasteiger partial charge in [0.05, 0.1) is 38.1 Å². The third-order valence-corrected chi connectivity index (χ3v) is 5.30. The Morgan fingerprint density at radius 1 is 1.06 bits per heavy atom. The fraction of sp³-hybridized carbons (Fsp3) is 0.200. The van der Waals surface area contributed by atoms with E-state index in [0.29, 0.717) is 35.0 Å². The summed E-state index contributed by atoms with van der Waals surface area (Å²) in [6.45, 7) is 2.50. The molecule has 4 rings (SSSR count). The van der Waals surface area contributed by atoms with Gasteiger partial charge in [-0.15, -0.1) is 0 Å². The molecule has 0 spiro atoms. The molecular formula is C25H23NO6. The van der Waals surface area contributed by atoms with E-state index in [2.05, 4.69) is 0 Å². The van der Waals surface area contributed by atoms with Crippen LogP contribution >= 0.6 is 0 Å². The first kappa shape index (κ1) is 21.2. The predicted octanol–water partition coefficient (Wildman–Crippen LogP) is 4.31. The van der Waals surface area contributed by atoms with E-state index in [1.807, 2.05) is 6.92 Å². The van der Waals surface area contributed by atoms with E-state index in [-0.39, 0.29) is 17.9 Å². The van der Waals surface area contributed by atoms with Gasteiger partial charge in [0.2, 0.25) is 0 Å². The van der Waals surface area contributed by atoms with Crippen LogP contribution in [0.1, 0.15) is 29.9 Å². The second kappa shape index (κ2) is 9.01. The highest BCUT2D eigenvalue weighted by Gasteiger charge is 2.46. The van der Waals surface area contributed by atoms with Crippen molar-refractivity contribution in [2.75, 3.05) is 13.7 Å². The summed E-state index contributed by atoms with van der Waals surface area (Å²) in [6.07, 6.45) is 1.51. The fourth-order valence-electron chi connectivity index (χ4n) is 3.80. The molecule has 7 heteroatoms. The molecule has 0 bridgehead atoms. The number of carbonyl (C=O) groups is 2. The summed E-state index contributed by atoms with van der Waals surface area (Å²) >= 11 is 0. The molecule has 1 aliphatic heterocycles. The van der Waals surface area contributed by atoms with Gasteiger partial charge in [0.1, 0.15) is 23.0 Å². The summed E-state index contributed by atoms with van der Waals surface area (Å²) < 4.78 is 16.1. The van der Waals surface area contributed by atoms with E-state index in [1.165, 1.54) is 18.3 Å². The number of furan rings is 1. The van der Waals surface area contributed by atoms with Crippen molar-refractivity contribution >= 4 is 17.4 Å². The second-order valence-corrected chi connectivity index (χ2v) is 7.24. The Kier molecular flexibility index (Phi) is 5.98. The lowest BCUT2D eigenvalue weighted by atomic mass is 9.95. The van der Waals surface area contributed by atoms with Gasteiger partial charge in [-0.25, -0.2) is 0 Å². The van der Waals surface area contributed by atoms with E-state index in [4.69, 9.17) is 13.9 Å². The quantitative estimate of drug-likeness (QED) is 0.339. The normalized spacial score (nSPS) is 17.6. The van der Waals surface area contributed by atoms with E-state index in [0.717, 1.165) is 0 Å². The van der Waals surface area contributed by atoms with Crippen molar-refractivity contribution < 1.29 is 28.6 Å². The number of hydrogen-bond acceptors (Lipinski definition) is 6. The number of benzene rings is 2. The van der Waals surface area contributed by atoms with Crippen molar-refractivity contribution in [1.29, 1.82) is 0 Å². The maximum Gasteiger partial charge on any atom is 0.296 e. The zero-order valence-corrected chi connectivity index (χ0v) is 17.8. The Morgan fingerprint density at radius 2 is 1.84 bits per heavy atom. The van der Waals surface area contributed by atoms with Crippen molar-refractivity contribution in [2.24, 2.45) is 0 Å². The van der Waals surface area contributed by atoms with Gasteiger partial charge in [-0.2, -0.15) is 0 Å². The number of ketones is 1. The van der Waals surface area contributed by atoms with Crippen LogP contribution < -0.4 is 9.47 Å². The summed E-state index contributed by atoms with van der Waals surface area (Å²) in [5.41, 5.74) is 1.07. The number of likely N-dealkylation sites (tertiary alicyclic amines) is 1. The minimum absolute atomic E-state index is 0.0129. The van der Waals surface area contributed by atoms with Crippen LogP contribution in [0.5, 0.6) is 11.5 Å². The largest absolute Gasteiger partial charge is 0.507 e. The number of amides is 1. The highest BCUT2D eigenvalue weighted by molar-refractivity contribution is 6.46. The second-order valence-electron chi connectivity index (χ2n) is 7.24. The van der Waals surface area contributed by atoms with Crippen LogP contribution in [-0.2, 0) is 16.1 Å². The number of hydrogen-bond donors (Lipinski definition) is 1. The van der Waals surface area contributed by atoms with Crippen LogP contribution in [0.4, 0.5) is 0 Å². The summed E-state index contributed by atoms with van der Waals surface area (Å²) in [5.74, 6) is 0.0105. The van der Waals surface area contributed by atoms with Crippen molar-refractivity contribution in [3.8, 4) is 11.5 Å². The Labute approximate surface area is 185 Å². The summed E-state index contributed by atoms with van der Waals surface area (Å²) in [6, 6.07) is 16.5. The van der Waals surface area contributed by atoms with Gasteiger partial charge < -0.3 is 23.9 Å². The maximum absolute atomic E-state index is 13.1. The first-order valence-corrected chi connectivity index (χ1v) is 10.2. The van der Waals surface area contributed by atoms with Gasteiger partial charge in [0, 0.05) is 5.56 Å². The maximum atomic E-state index is 13.1. The molecular weight excluding hydrogens is 410 g/mol. The van der Waals surface area contributed by atoms with E-state index in [1.54, 1.807) is 60.7 Å². The minimum Gasteiger partial charge on any atom is -0.507 e. The van der Waals surface area contributed by atoms with Gasteiger partial charge in [-0.3, -0.25) is 9.59 Å². The van der Waals surface area contributed by atoms with Crippen molar-refractivity contribution in [3.05, 3.63) is 89.4 Å². The van der Waals surface area contributed by atoms with Gasteiger partial charge in [-0.1, -0.05) is 24.3 Å². The number of ether oxygens (including phenoxy) is 2. The molecule has 1 saturated heterocycles. The summed E-state index contributed by atoms with van der Waals surface area (Å²) in [7, 11) is 1.52. The molecule has 2 heterocycles. The van der Waals surface area contributed by atoms with Crippen LogP contribution in [0, 0.1) is 0 Å². The van der Waals surface area contributed by atoms with Crippen LogP contribution in [0.25, 0.3) is 5.76 Å². The molecule has 7 nitrogen and oxygen atoms in total. The first-order chi connectivity index (χ1) is 15.5. The number of carbonyl (C=O) groups excluding carboxylic acids is 2. The van der Waals surface area contributed by atoms with Crippen molar-refractivity contribution in [1.82, 2.24) is 4.90 Å². The first-order valence-electron chi connectivity index (χ1n) is 10.2. The minimum atomic E-state index is -0.790. The number of rotatable bonds is 7. The van der Waals surface area contributed by atoms with Crippen LogP contribution in [0.15, 0.2) is 76.9 Å². The predicted molar refractivity (Wildman–Crippen MR) is 117 cm³/mol. The van der Waals surface area contributed by atoms with E-state index in [9.17, 15) is 14.7 Å². The summed E-state index contributed by atoms with van der Waals surface area (Å²) in [4.78, 5) is 27.5. The Balaban J connectivity index is 1.83. The topological polar surface area (TPSA) is 89.2 Å². The zero-order chi connectivity index (χ0) is 22.7. The molecule has 1 fully saturated rings. The molecule has 1 amide bonds. The monoisotopic (exact) mass is 433 g/mol. The molecule has 0 radical (unpaired) electrons. The van der Waals surface area contributed by atoms with Gasteiger partial charge in [-0.05, 0) is 48.9 Å². The smallest absolute Gasteiger partial charge is 0.296 e. The molecule has 32 heavy (non-hydrogen) atoms.